The highest BCUT2D eigenvalue weighted by molar-refractivity contribution is 7.08. The molecule has 7 heteroatoms. The number of aromatic amines is 1. The molecule has 3 heterocycles. The molecule has 0 spiro atoms. The van der Waals surface area contributed by atoms with Crippen molar-refractivity contribution in [1.29, 1.82) is 0 Å². The molecule has 25 heavy (non-hydrogen) atoms. The van der Waals surface area contributed by atoms with Crippen molar-refractivity contribution in [2.24, 2.45) is 0 Å². The molecule has 1 saturated heterocycles. The number of rotatable bonds is 3. The number of nitrogens with one attached hydrogen (secondary N) is 1. The van der Waals surface area contributed by atoms with E-state index in [1.807, 2.05) is 52.1 Å². The maximum absolute atomic E-state index is 12.6. The van der Waals surface area contributed by atoms with Crippen molar-refractivity contribution in [3.8, 4) is 5.69 Å². The molecule has 1 unspecified atom stereocenters. The van der Waals surface area contributed by atoms with Gasteiger partial charge in [-0.1, -0.05) is 18.2 Å². The second-order valence-corrected chi connectivity index (χ2v) is 6.94. The van der Waals surface area contributed by atoms with Crippen LogP contribution in [0.15, 0.2) is 52.0 Å². The van der Waals surface area contributed by atoms with E-state index in [0.29, 0.717) is 12.4 Å². The lowest BCUT2D eigenvalue weighted by Gasteiger charge is -2.32. The minimum Gasteiger partial charge on any atom is -0.338 e. The first-order valence-corrected chi connectivity index (χ1v) is 9.22. The van der Waals surface area contributed by atoms with Gasteiger partial charge in [0.2, 0.25) is 0 Å². The van der Waals surface area contributed by atoms with Gasteiger partial charge >= 0.3 is 5.69 Å². The number of carbonyl (C=O) groups is 1. The number of para-hydroxylation sites is 1. The first-order chi connectivity index (χ1) is 12.2. The molecule has 1 aliphatic heterocycles. The summed E-state index contributed by atoms with van der Waals surface area (Å²) in [7, 11) is 0. The number of H-pyrrole nitrogens is 1. The highest BCUT2D eigenvalue weighted by Gasteiger charge is 2.29. The Morgan fingerprint density at radius 3 is 2.84 bits per heavy atom. The Labute approximate surface area is 148 Å². The fourth-order valence-electron chi connectivity index (χ4n) is 3.35. The monoisotopic (exact) mass is 354 g/mol. The van der Waals surface area contributed by atoms with E-state index >= 15 is 0 Å². The molecule has 1 N–H and O–H groups in total. The SMILES string of the molecule is O=C(c1ccsc1)N1CCCC(c2n[nH]c(=O)n2-c2ccccc2)C1. The first-order valence-electron chi connectivity index (χ1n) is 8.28. The number of likely N-dealkylation sites (tertiary alicyclic amines) is 1. The molecule has 1 amide bonds. The average molecular weight is 354 g/mol. The molecular formula is C18H18N4O2S. The standard InChI is InChI=1S/C18H18N4O2S/c23-17(14-8-10-25-12-14)21-9-4-5-13(11-21)16-19-20-18(24)22(16)15-6-2-1-3-7-15/h1-3,6-8,10,12-13H,4-5,9,11H2,(H,20,24). The van der Waals surface area contributed by atoms with E-state index in [1.54, 1.807) is 4.57 Å². The van der Waals surface area contributed by atoms with Crippen LogP contribution in [0, 0.1) is 0 Å². The van der Waals surface area contributed by atoms with Crippen LogP contribution >= 0.6 is 11.3 Å². The van der Waals surface area contributed by atoms with E-state index < -0.39 is 0 Å². The second-order valence-electron chi connectivity index (χ2n) is 6.16. The van der Waals surface area contributed by atoms with Crippen molar-refractivity contribution in [2.75, 3.05) is 13.1 Å². The fraction of sp³-hybridized carbons (Fsp3) is 0.278. The number of thiophene rings is 1. The molecule has 128 valence electrons. The van der Waals surface area contributed by atoms with Gasteiger partial charge in [-0.2, -0.15) is 16.4 Å². The van der Waals surface area contributed by atoms with Gasteiger partial charge in [-0.3, -0.25) is 4.79 Å². The molecule has 0 radical (unpaired) electrons. The molecule has 2 aromatic heterocycles. The van der Waals surface area contributed by atoms with Crippen molar-refractivity contribution in [1.82, 2.24) is 19.7 Å². The Bertz CT molecular complexity index is 914. The van der Waals surface area contributed by atoms with Crippen molar-refractivity contribution >= 4 is 17.2 Å². The Morgan fingerprint density at radius 2 is 2.08 bits per heavy atom. The summed E-state index contributed by atoms with van der Waals surface area (Å²) in [5.41, 5.74) is 1.27. The Hall–Kier alpha value is -2.67. The quantitative estimate of drug-likeness (QED) is 0.786. The van der Waals surface area contributed by atoms with Crippen LogP contribution in [0.4, 0.5) is 0 Å². The molecule has 3 aromatic rings. The maximum Gasteiger partial charge on any atom is 0.347 e. The van der Waals surface area contributed by atoms with Crippen molar-refractivity contribution in [3.05, 3.63) is 69.0 Å². The number of aromatic nitrogens is 3. The van der Waals surface area contributed by atoms with Gasteiger partial charge < -0.3 is 4.90 Å². The molecule has 0 aliphatic carbocycles. The largest absolute Gasteiger partial charge is 0.347 e. The van der Waals surface area contributed by atoms with Crippen LogP contribution in [-0.2, 0) is 0 Å². The van der Waals surface area contributed by atoms with Crippen LogP contribution in [0.3, 0.4) is 0 Å². The van der Waals surface area contributed by atoms with Gasteiger partial charge in [-0.15, -0.1) is 0 Å². The van der Waals surface area contributed by atoms with Crippen LogP contribution in [0.5, 0.6) is 0 Å². The smallest absolute Gasteiger partial charge is 0.338 e. The van der Waals surface area contributed by atoms with Gasteiger partial charge in [0.15, 0.2) is 0 Å². The zero-order valence-electron chi connectivity index (χ0n) is 13.6. The molecule has 1 aromatic carbocycles. The third kappa shape index (κ3) is 3.02. The summed E-state index contributed by atoms with van der Waals surface area (Å²) in [6, 6.07) is 11.3. The number of carbonyl (C=O) groups excluding carboxylic acids is 1. The van der Waals surface area contributed by atoms with Gasteiger partial charge in [0.05, 0.1) is 11.3 Å². The third-order valence-electron chi connectivity index (χ3n) is 4.55. The third-order valence-corrected chi connectivity index (χ3v) is 5.24. The topological polar surface area (TPSA) is 71.0 Å². The van der Waals surface area contributed by atoms with Gasteiger partial charge in [0.25, 0.3) is 5.91 Å². The predicted molar refractivity (Wildman–Crippen MR) is 96.4 cm³/mol. The summed E-state index contributed by atoms with van der Waals surface area (Å²) in [6.45, 7) is 1.32. The first kappa shape index (κ1) is 15.8. The lowest BCUT2D eigenvalue weighted by molar-refractivity contribution is 0.0704. The van der Waals surface area contributed by atoms with Crippen LogP contribution in [0.25, 0.3) is 5.69 Å². The van der Waals surface area contributed by atoms with E-state index in [0.717, 1.165) is 30.6 Å². The van der Waals surface area contributed by atoms with Crippen LogP contribution < -0.4 is 5.69 Å². The summed E-state index contributed by atoms with van der Waals surface area (Å²) < 4.78 is 1.61. The minimum atomic E-state index is -0.248. The zero-order valence-corrected chi connectivity index (χ0v) is 14.4. The van der Waals surface area contributed by atoms with Gasteiger partial charge in [0, 0.05) is 24.4 Å². The number of amides is 1. The van der Waals surface area contributed by atoms with Crippen molar-refractivity contribution in [2.45, 2.75) is 18.8 Å². The number of piperidine rings is 1. The summed E-state index contributed by atoms with van der Waals surface area (Å²) in [5, 5.41) is 10.6. The molecule has 1 atom stereocenters. The molecule has 6 nitrogen and oxygen atoms in total. The van der Waals surface area contributed by atoms with Crippen molar-refractivity contribution < 1.29 is 4.79 Å². The average Bonchev–Trinajstić information content (AvgIpc) is 3.32. The lowest BCUT2D eigenvalue weighted by Crippen LogP contribution is -2.39. The van der Waals surface area contributed by atoms with E-state index in [-0.39, 0.29) is 17.5 Å². The molecule has 4 rings (SSSR count). The molecule has 1 fully saturated rings. The van der Waals surface area contributed by atoms with E-state index in [4.69, 9.17) is 0 Å². The Kier molecular flexibility index (Phi) is 4.23. The molecular weight excluding hydrogens is 336 g/mol. The number of nitrogens with zero attached hydrogens (tertiary/aromatic N) is 3. The summed E-state index contributed by atoms with van der Waals surface area (Å²) in [6.07, 6.45) is 1.81. The van der Waals surface area contributed by atoms with Gasteiger partial charge in [-0.05, 0) is 36.4 Å². The lowest BCUT2D eigenvalue weighted by atomic mass is 9.96. The van der Waals surface area contributed by atoms with Crippen molar-refractivity contribution in [3.63, 3.8) is 0 Å². The number of hydrogen-bond donors (Lipinski definition) is 1. The van der Waals surface area contributed by atoms with E-state index in [9.17, 15) is 9.59 Å². The van der Waals surface area contributed by atoms with E-state index in [2.05, 4.69) is 10.2 Å². The van der Waals surface area contributed by atoms with Crippen LogP contribution in [0.1, 0.15) is 34.9 Å². The Morgan fingerprint density at radius 1 is 1.24 bits per heavy atom. The highest BCUT2D eigenvalue weighted by Crippen LogP contribution is 2.27. The summed E-state index contributed by atoms with van der Waals surface area (Å²) in [5.74, 6) is 0.782. The van der Waals surface area contributed by atoms with Gasteiger partial charge in [-0.25, -0.2) is 14.5 Å². The fourth-order valence-corrected chi connectivity index (χ4v) is 3.98. The van der Waals surface area contributed by atoms with Gasteiger partial charge in [0.1, 0.15) is 5.82 Å². The minimum absolute atomic E-state index is 0.0375. The highest BCUT2D eigenvalue weighted by atomic mass is 32.1. The normalized spacial score (nSPS) is 17.6. The number of benzene rings is 1. The Balaban J connectivity index is 1.63. The summed E-state index contributed by atoms with van der Waals surface area (Å²) in [4.78, 5) is 26.8. The zero-order chi connectivity index (χ0) is 17.2. The molecule has 1 aliphatic rings. The number of hydrogen-bond acceptors (Lipinski definition) is 4. The molecule has 0 bridgehead atoms. The summed E-state index contributed by atoms with van der Waals surface area (Å²) >= 11 is 1.52. The molecule has 0 saturated carbocycles. The predicted octanol–water partition coefficient (Wildman–Crippen LogP) is 2.64. The second kappa shape index (κ2) is 6.68. The maximum atomic E-state index is 12.6. The van der Waals surface area contributed by atoms with Crippen LogP contribution in [0.2, 0.25) is 0 Å². The van der Waals surface area contributed by atoms with E-state index in [1.165, 1.54) is 11.3 Å². The van der Waals surface area contributed by atoms with Crippen LogP contribution in [-0.4, -0.2) is 38.7 Å².